The smallest absolute Gasteiger partial charge is 0.315 e. The number of quaternary nitrogens is 1. The summed E-state index contributed by atoms with van der Waals surface area (Å²) in [6.45, 7) is 6.03. The maximum atomic E-state index is 11.4. The average molecular weight is 328 g/mol. The number of primary amides is 1. The number of amides is 1. The molecule has 2 N–H and O–H groups in total. The summed E-state index contributed by atoms with van der Waals surface area (Å²) in [6, 6.07) is 0. The van der Waals surface area contributed by atoms with E-state index >= 15 is 0 Å². The van der Waals surface area contributed by atoms with Gasteiger partial charge in [-0.15, -0.1) is 0 Å². The van der Waals surface area contributed by atoms with Crippen molar-refractivity contribution in [2.24, 2.45) is 5.41 Å². The average Bonchev–Trinajstić information content (AvgIpc) is 2.54. The normalized spacial score (nSPS) is 11.8. The fourth-order valence-electron chi connectivity index (χ4n) is 3.04. The lowest BCUT2D eigenvalue weighted by molar-refractivity contribution is -0.507. The Labute approximate surface area is 144 Å². The van der Waals surface area contributed by atoms with Gasteiger partial charge in [0.05, 0.1) is 5.41 Å². The molecule has 0 aromatic heterocycles. The van der Waals surface area contributed by atoms with Gasteiger partial charge in [0.25, 0.3) is 0 Å². The summed E-state index contributed by atoms with van der Waals surface area (Å²) >= 11 is 0. The van der Waals surface area contributed by atoms with Gasteiger partial charge in [0.2, 0.25) is 0 Å². The number of carbonyl (C=O) groups is 1. The maximum absolute atomic E-state index is 11.4. The van der Waals surface area contributed by atoms with E-state index in [0.717, 1.165) is 12.8 Å². The topological polar surface area (TPSA) is 56.7 Å². The molecule has 0 rings (SSSR count). The highest BCUT2D eigenvalue weighted by Gasteiger charge is 2.28. The quantitative estimate of drug-likeness (QED) is 0.302. The summed E-state index contributed by atoms with van der Waals surface area (Å²) in [4.78, 5) is 11.4. The van der Waals surface area contributed by atoms with Gasteiger partial charge in [0.15, 0.2) is 0 Å². The molecule has 0 spiro atoms. The van der Waals surface area contributed by atoms with Crippen molar-refractivity contribution in [2.75, 3.05) is 0 Å². The maximum Gasteiger partial charge on any atom is 0.315 e. The van der Waals surface area contributed by atoms with Crippen LogP contribution >= 0.6 is 0 Å². The monoisotopic (exact) mass is 327 g/mol. The minimum absolute atomic E-state index is 0.257. The van der Waals surface area contributed by atoms with Crippen LogP contribution in [0.25, 0.3) is 0 Å². The molecule has 3 heteroatoms. The number of rotatable bonds is 16. The summed E-state index contributed by atoms with van der Waals surface area (Å²) in [5.41, 5.74) is 0.0166. The molecule has 0 bridgehead atoms. The van der Waals surface area contributed by atoms with Crippen molar-refractivity contribution in [1.82, 2.24) is 0 Å². The van der Waals surface area contributed by atoms with Crippen LogP contribution in [0.15, 0.2) is 0 Å². The molecule has 23 heavy (non-hydrogen) atoms. The van der Waals surface area contributed by atoms with Gasteiger partial charge in [-0.25, -0.2) is 4.79 Å². The number of carbonyl (C=O) groups excluding carboxylic acids is 1. The fourth-order valence-corrected chi connectivity index (χ4v) is 3.04. The number of nitrogens with two attached hydrogens (primary N) is 1. The van der Waals surface area contributed by atoms with Crippen LogP contribution in [0.5, 0.6) is 0 Å². The fraction of sp³-hybridized carbons (Fsp3) is 0.950. The molecule has 0 aliphatic rings. The predicted molar refractivity (Wildman–Crippen MR) is 99.0 cm³/mol. The molecule has 1 amide bonds. The molecule has 0 atom stereocenters. The lowest BCUT2D eigenvalue weighted by Crippen LogP contribution is -2.84. The SMILES string of the molecule is CCCCCCCCCCCCCCCCC(C)(C)C(=O)[NH2+][O-]. The Morgan fingerprint density at radius 1 is 0.739 bits per heavy atom. The van der Waals surface area contributed by atoms with Gasteiger partial charge in [0, 0.05) is 0 Å². The standard InChI is InChI=1S/C20H41NO2/c1-4-5-6-7-8-9-10-11-12-13-14-15-16-17-18-20(2,3)19(22)21-23/h4-18,21H2,1-3H3. The van der Waals surface area contributed by atoms with Gasteiger partial charge in [-0.05, 0) is 20.3 Å². The van der Waals surface area contributed by atoms with Crippen molar-refractivity contribution in [1.29, 1.82) is 0 Å². The number of unbranched alkanes of at least 4 members (excludes halogenated alkanes) is 13. The molecule has 0 aromatic rings. The van der Waals surface area contributed by atoms with E-state index in [9.17, 15) is 10.0 Å². The summed E-state index contributed by atoms with van der Waals surface area (Å²) in [5.74, 6) is -0.257. The van der Waals surface area contributed by atoms with Crippen molar-refractivity contribution < 1.29 is 10.3 Å². The van der Waals surface area contributed by atoms with E-state index in [1.807, 2.05) is 13.8 Å². The van der Waals surface area contributed by atoms with Gasteiger partial charge in [-0.2, -0.15) is 0 Å². The van der Waals surface area contributed by atoms with Crippen molar-refractivity contribution in [3.05, 3.63) is 5.21 Å². The van der Waals surface area contributed by atoms with Gasteiger partial charge in [0.1, 0.15) is 0 Å². The second kappa shape index (κ2) is 15.1. The van der Waals surface area contributed by atoms with E-state index < -0.39 is 5.41 Å². The number of hydrogen-bond acceptors (Lipinski definition) is 2. The van der Waals surface area contributed by atoms with Crippen LogP contribution in [0.2, 0.25) is 0 Å². The minimum Gasteiger partial charge on any atom is -0.628 e. The van der Waals surface area contributed by atoms with Crippen LogP contribution < -0.4 is 5.48 Å². The molecule has 0 aromatic carbocycles. The van der Waals surface area contributed by atoms with Crippen LogP contribution in [0.1, 0.15) is 117 Å². The number of hydrogen-bond donors (Lipinski definition) is 1. The Kier molecular flexibility index (Phi) is 14.9. The second-order valence-corrected chi connectivity index (χ2v) is 7.71. The zero-order chi connectivity index (χ0) is 17.4. The van der Waals surface area contributed by atoms with Crippen molar-refractivity contribution in [3.8, 4) is 0 Å². The molecule has 0 radical (unpaired) electrons. The Hall–Kier alpha value is -0.410. The number of hydroxylamine groups is 1. The van der Waals surface area contributed by atoms with Crippen LogP contribution in [-0.2, 0) is 4.79 Å². The first-order valence-corrected chi connectivity index (χ1v) is 10.0. The predicted octanol–water partition coefficient (Wildman–Crippen LogP) is 5.47. The minimum atomic E-state index is -0.459. The molecule has 0 saturated carbocycles. The Bertz CT molecular complexity index is 277. The van der Waals surface area contributed by atoms with E-state index in [4.69, 9.17) is 0 Å². The van der Waals surface area contributed by atoms with Crippen molar-refractivity contribution in [2.45, 2.75) is 117 Å². The summed E-state index contributed by atoms with van der Waals surface area (Å²) < 4.78 is 0. The molecule has 0 unspecified atom stereocenters. The molecular formula is C20H41NO2. The first-order valence-electron chi connectivity index (χ1n) is 10.0. The molecule has 3 nitrogen and oxygen atoms in total. The third-order valence-electron chi connectivity index (χ3n) is 4.93. The molecule has 0 aliphatic heterocycles. The molecular weight excluding hydrogens is 286 g/mol. The van der Waals surface area contributed by atoms with Crippen molar-refractivity contribution >= 4 is 5.91 Å². The van der Waals surface area contributed by atoms with E-state index in [0.29, 0.717) is 5.48 Å². The van der Waals surface area contributed by atoms with E-state index in [-0.39, 0.29) is 5.91 Å². The molecule has 0 aliphatic carbocycles. The Balaban J connectivity index is 3.24. The zero-order valence-electron chi connectivity index (χ0n) is 16.0. The largest absolute Gasteiger partial charge is 0.628 e. The van der Waals surface area contributed by atoms with E-state index in [2.05, 4.69) is 6.92 Å². The lowest BCUT2D eigenvalue weighted by atomic mass is 9.86. The van der Waals surface area contributed by atoms with Gasteiger partial charge >= 0.3 is 5.91 Å². The Morgan fingerprint density at radius 2 is 1.09 bits per heavy atom. The first kappa shape index (κ1) is 22.6. The van der Waals surface area contributed by atoms with Crippen LogP contribution in [0, 0.1) is 10.6 Å². The van der Waals surface area contributed by atoms with Crippen LogP contribution in [0.4, 0.5) is 0 Å². The lowest BCUT2D eigenvalue weighted by Gasteiger charge is -2.20. The zero-order valence-corrected chi connectivity index (χ0v) is 16.0. The first-order chi connectivity index (χ1) is 11.0. The van der Waals surface area contributed by atoms with Crippen LogP contribution in [-0.4, -0.2) is 5.91 Å². The van der Waals surface area contributed by atoms with E-state index in [1.165, 1.54) is 83.5 Å². The highest BCUT2D eigenvalue weighted by atomic mass is 16.5. The summed E-state index contributed by atoms with van der Waals surface area (Å²) in [7, 11) is 0. The molecule has 0 saturated heterocycles. The molecule has 0 heterocycles. The van der Waals surface area contributed by atoms with Crippen LogP contribution in [0.3, 0.4) is 0 Å². The van der Waals surface area contributed by atoms with Crippen molar-refractivity contribution in [3.63, 3.8) is 0 Å². The van der Waals surface area contributed by atoms with Gasteiger partial charge in [-0.3, -0.25) is 0 Å². The van der Waals surface area contributed by atoms with Gasteiger partial charge in [-0.1, -0.05) is 96.8 Å². The summed E-state index contributed by atoms with van der Waals surface area (Å²) in [6.07, 6.45) is 19.6. The van der Waals surface area contributed by atoms with E-state index in [1.54, 1.807) is 0 Å². The highest BCUT2D eigenvalue weighted by Crippen LogP contribution is 2.23. The third-order valence-corrected chi connectivity index (χ3v) is 4.93. The second-order valence-electron chi connectivity index (χ2n) is 7.71. The Morgan fingerprint density at radius 3 is 1.43 bits per heavy atom. The third kappa shape index (κ3) is 13.7. The summed E-state index contributed by atoms with van der Waals surface area (Å²) in [5, 5.41) is 10.5. The molecule has 0 fully saturated rings. The molecule has 138 valence electrons. The van der Waals surface area contributed by atoms with Gasteiger partial charge < -0.3 is 10.7 Å². The highest BCUT2D eigenvalue weighted by molar-refractivity contribution is 5.72.